The first-order valence-electron chi connectivity index (χ1n) is 5.48. The Kier molecular flexibility index (Phi) is 5.26. The molecule has 0 saturated heterocycles. The Balaban J connectivity index is 2.82. The predicted molar refractivity (Wildman–Crippen MR) is 67.0 cm³/mol. The van der Waals surface area contributed by atoms with E-state index in [-0.39, 0.29) is 12.6 Å². The highest BCUT2D eigenvalue weighted by atomic mass is 16.5. The number of carbonyl (C=O) groups is 1. The summed E-state index contributed by atoms with van der Waals surface area (Å²) in [7, 11) is 4.57. The second-order valence-electron chi connectivity index (χ2n) is 3.58. The van der Waals surface area contributed by atoms with Crippen molar-refractivity contribution in [3.8, 4) is 11.5 Å². The lowest BCUT2D eigenvalue weighted by Gasteiger charge is -2.16. The summed E-state index contributed by atoms with van der Waals surface area (Å²) in [5.41, 5.74) is 0.563. The van der Waals surface area contributed by atoms with Crippen molar-refractivity contribution in [2.75, 3.05) is 27.8 Å². The number of urea groups is 1. The molecule has 2 amide bonds. The summed E-state index contributed by atoms with van der Waals surface area (Å²) < 4.78 is 10.2. The van der Waals surface area contributed by atoms with E-state index in [0.717, 1.165) is 0 Å². The molecule has 0 spiro atoms. The Morgan fingerprint density at radius 2 is 2.11 bits per heavy atom. The number of amides is 2. The van der Waals surface area contributed by atoms with Gasteiger partial charge in [0, 0.05) is 19.2 Å². The molecule has 1 aromatic carbocycles. The van der Waals surface area contributed by atoms with Crippen molar-refractivity contribution >= 4 is 6.03 Å². The predicted octanol–water partition coefficient (Wildman–Crippen LogP) is 0.666. The number of ether oxygens (including phenoxy) is 2. The van der Waals surface area contributed by atoms with E-state index in [4.69, 9.17) is 9.47 Å². The first-order chi connectivity index (χ1) is 8.62. The highest BCUT2D eigenvalue weighted by Crippen LogP contribution is 2.28. The van der Waals surface area contributed by atoms with Gasteiger partial charge in [0.15, 0.2) is 0 Å². The number of benzene rings is 1. The standard InChI is InChI=1S/C12H18N2O4/c1-13-12(16)14-7-10(15)9-6-8(17-2)4-5-11(9)18-3/h4-6,10,15H,7H2,1-3H3,(H2,13,14,16). The number of aliphatic hydroxyl groups is 1. The van der Waals surface area contributed by atoms with Gasteiger partial charge in [-0.3, -0.25) is 0 Å². The molecule has 0 aliphatic heterocycles. The highest BCUT2D eigenvalue weighted by Gasteiger charge is 2.15. The van der Waals surface area contributed by atoms with Crippen molar-refractivity contribution in [2.45, 2.75) is 6.10 Å². The van der Waals surface area contributed by atoms with E-state index in [1.807, 2.05) is 0 Å². The smallest absolute Gasteiger partial charge is 0.314 e. The van der Waals surface area contributed by atoms with E-state index in [1.54, 1.807) is 25.3 Å². The topological polar surface area (TPSA) is 79.8 Å². The Morgan fingerprint density at radius 1 is 1.39 bits per heavy atom. The number of aliphatic hydroxyl groups excluding tert-OH is 1. The van der Waals surface area contributed by atoms with Gasteiger partial charge in [0.05, 0.1) is 14.2 Å². The van der Waals surface area contributed by atoms with Crippen LogP contribution in [0.4, 0.5) is 4.79 Å². The average Bonchev–Trinajstić information content (AvgIpc) is 2.43. The second kappa shape index (κ2) is 6.70. The van der Waals surface area contributed by atoms with Crippen molar-refractivity contribution in [3.05, 3.63) is 23.8 Å². The molecule has 0 aliphatic rings. The van der Waals surface area contributed by atoms with E-state index in [0.29, 0.717) is 17.1 Å². The molecule has 0 saturated carbocycles. The lowest BCUT2D eigenvalue weighted by Crippen LogP contribution is -2.35. The van der Waals surface area contributed by atoms with Crippen LogP contribution in [0.1, 0.15) is 11.7 Å². The Bertz CT molecular complexity index is 409. The minimum atomic E-state index is -0.868. The molecule has 1 unspecified atom stereocenters. The maximum Gasteiger partial charge on any atom is 0.314 e. The van der Waals surface area contributed by atoms with Gasteiger partial charge in [-0.05, 0) is 18.2 Å². The summed E-state index contributed by atoms with van der Waals surface area (Å²) in [5.74, 6) is 1.16. The Morgan fingerprint density at radius 3 is 2.67 bits per heavy atom. The van der Waals surface area contributed by atoms with Crippen molar-refractivity contribution in [3.63, 3.8) is 0 Å². The first kappa shape index (κ1) is 14.1. The first-order valence-corrected chi connectivity index (χ1v) is 5.48. The van der Waals surface area contributed by atoms with Crippen LogP contribution in [0.15, 0.2) is 18.2 Å². The van der Waals surface area contributed by atoms with Crippen LogP contribution in [0.5, 0.6) is 11.5 Å². The number of hydrogen-bond acceptors (Lipinski definition) is 4. The Hall–Kier alpha value is -1.95. The molecule has 0 radical (unpaired) electrons. The molecule has 0 heterocycles. The zero-order chi connectivity index (χ0) is 13.5. The van der Waals surface area contributed by atoms with Crippen LogP contribution >= 0.6 is 0 Å². The van der Waals surface area contributed by atoms with Gasteiger partial charge in [0.1, 0.15) is 17.6 Å². The summed E-state index contributed by atoms with van der Waals surface area (Å²) in [6.07, 6.45) is -0.868. The fraction of sp³-hybridized carbons (Fsp3) is 0.417. The molecule has 6 heteroatoms. The van der Waals surface area contributed by atoms with Crippen LogP contribution in [0, 0.1) is 0 Å². The summed E-state index contributed by atoms with van der Waals surface area (Å²) in [6, 6.07) is 4.77. The fourth-order valence-electron chi connectivity index (χ4n) is 1.49. The van der Waals surface area contributed by atoms with E-state index >= 15 is 0 Å². The largest absolute Gasteiger partial charge is 0.497 e. The van der Waals surface area contributed by atoms with Gasteiger partial charge in [-0.15, -0.1) is 0 Å². The number of hydrogen-bond donors (Lipinski definition) is 3. The highest BCUT2D eigenvalue weighted by molar-refractivity contribution is 5.73. The van der Waals surface area contributed by atoms with Crippen LogP contribution in [0.25, 0.3) is 0 Å². The van der Waals surface area contributed by atoms with E-state index in [1.165, 1.54) is 14.2 Å². The van der Waals surface area contributed by atoms with Crippen molar-refractivity contribution in [1.82, 2.24) is 10.6 Å². The van der Waals surface area contributed by atoms with Crippen molar-refractivity contribution in [2.24, 2.45) is 0 Å². The molecule has 1 aromatic rings. The molecule has 1 atom stereocenters. The lowest BCUT2D eigenvalue weighted by atomic mass is 10.1. The minimum absolute atomic E-state index is 0.0865. The third-order valence-corrected chi connectivity index (χ3v) is 2.48. The molecule has 1 rings (SSSR count). The molecule has 0 aliphatic carbocycles. The normalized spacial score (nSPS) is 11.6. The van der Waals surface area contributed by atoms with Gasteiger partial charge >= 0.3 is 6.03 Å². The van der Waals surface area contributed by atoms with E-state index in [2.05, 4.69) is 10.6 Å². The quantitative estimate of drug-likeness (QED) is 0.721. The summed E-state index contributed by atoms with van der Waals surface area (Å²) in [6.45, 7) is 0.0865. The van der Waals surface area contributed by atoms with Gasteiger partial charge in [0.25, 0.3) is 0 Å². The molecular weight excluding hydrogens is 236 g/mol. The minimum Gasteiger partial charge on any atom is -0.497 e. The van der Waals surface area contributed by atoms with Crippen LogP contribution in [0.3, 0.4) is 0 Å². The zero-order valence-corrected chi connectivity index (χ0v) is 10.7. The fourth-order valence-corrected chi connectivity index (χ4v) is 1.49. The molecule has 18 heavy (non-hydrogen) atoms. The number of carbonyl (C=O) groups excluding carboxylic acids is 1. The number of nitrogens with one attached hydrogen (secondary N) is 2. The van der Waals surface area contributed by atoms with E-state index in [9.17, 15) is 9.90 Å². The third kappa shape index (κ3) is 3.53. The molecular formula is C12H18N2O4. The van der Waals surface area contributed by atoms with Gasteiger partial charge in [-0.1, -0.05) is 0 Å². The van der Waals surface area contributed by atoms with Gasteiger partial charge in [-0.25, -0.2) is 4.79 Å². The lowest BCUT2D eigenvalue weighted by molar-refractivity contribution is 0.169. The van der Waals surface area contributed by atoms with Crippen molar-refractivity contribution in [1.29, 1.82) is 0 Å². The molecule has 100 valence electrons. The molecule has 0 fully saturated rings. The average molecular weight is 254 g/mol. The van der Waals surface area contributed by atoms with Crippen LogP contribution in [0.2, 0.25) is 0 Å². The number of methoxy groups -OCH3 is 2. The molecule has 3 N–H and O–H groups in total. The van der Waals surface area contributed by atoms with Gasteiger partial charge in [0.2, 0.25) is 0 Å². The van der Waals surface area contributed by atoms with E-state index < -0.39 is 6.10 Å². The van der Waals surface area contributed by atoms with Crippen LogP contribution < -0.4 is 20.1 Å². The second-order valence-corrected chi connectivity index (χ2v) is 3.58. The summed E-state index contributed by atoms with van der Waals surface area (Å²) in [4.78, 5) is 11.0. The van der Waals surface area contributed by atoms with Gasteiger partial charge in [-0.2, -0.15) is 0 Å². The monoisotopic (exact) mass is 254 g/mol. The number of rotatable bonds is 5. The van der Waals surface area contributed by atoms with Crippen LogP contribution in [-0.4, -0.2) is 38.9 Å². The van der Waals surface area contributed by atoms with Crippen molar-refractivity contribution < 1.29 is 19.4 Å². The summed E-state index contributed by atoms with van der Waals surface area (Å²) in [5, 5.41) is 14.9. The molecule has 0 bridgehead atoms. The maximum atomic E-state index is 11.0. The summed E-state index contributed by atoms with van der Waals surface area (Å²) >= 11 is 0. The van der Waals surface area contributed by atoms with Gasteiger partial charge < -0.3 is 25.2 Å². The maximum absolute atomic E-state index is 11.0. The third-order valence-electron chi connectivity index (χ3n) is 2.48. The molecule has 0 aromatic heterocycles. The zero-order valence-electron chi connectivity index (χ0n) is 10.7. The Labute approximate surface area is 106 Å². The molecule has 6 nitrogen and oxygen atoms in total. The SMILES string of the molecule is CNC(=O)NCC(O)c1cc(OC)ccc1OC. The van der Waals surface area contributed by atoms with Crippen LogP contribution in [-0.2, 0) is 0 Å².